The fraction of sp³-hybridized carbons (Fsp3) is 0.591. The van der Waals surface area contributed by atoms with Crippen LogP contribution in [0.25, 0.3) is 11.2 Å². The molecule has 0 radical (unpaired) electrons. The van der Waals surface area contributed by atoms with Crippen LogP contribution in [0.5, 0.6) is 0 Å². The Balaban J connectivity index is 1.49. The predicted octanol–water partition coefficient (Wildman–Crippen LogP) is -0.616. The summed E-state index contributed by atoms with van der Waals surface area (Å²) in [7, 11) is 1.37. The Morgan fingerprint density at radius 3 is 2.71 bits per heavy atom. The van der Waals surface area contributed by atoms with Crippen molar-refractivity contribution in [1.82, 2.24) is 29.7 Å². The number of carbonyl (C=O) groups excluding carboxylic acids is 2. The second-order valence-corrected chi connectivity index (χ2v) is 8.49. The van der Waals surface area contributed by atoms with E-state index in [0.717, 1.165) is 12.8 Å². The molecule has 0 aliphatic carbocycles. The lowest BCUT2D eigenvalue weighted by Crippen LogP contribution is -2.42. The Hall–Kier alpha value is -3.47. The van der Waals surface area contributed by atoms with Gasteiger partial charge >= 0.3 is 6.09 Å². The van der Waals surface area contributed by atoms with Crippen LogP contribution in [-0.2, 0) is 14.3 Å². The summed E-state index contributed by atoms with van der Waals surface area (Å²) in [6, 6.07) is 0. The highest BCUT2D eigenvalue weighted by Gasteiger charge is 2.47. The van der Waals surface area contributed by atoms with Gasteiger partial charge in [-0.2, -0.15) is 0 Å². The number of likely N-dealkylation sites (tertiary alicyclic amines) is 1. The first kappa shape index (κ1) is 24.6. The summed E-state index contributed by atoms with van der Waals surface area (Å²) >= 11 is 0. The van der Waals surface area contributed by atoms with Gasteiger partial charge in [-0.25, -0.2) is 19.7 Å². The fourth-order valence-electron chi connectivity index (χ4n) is 4.28. The first-order valence-electron chi connectivity index (χ1n) is 11.4. The number of nitrogen functional groups attached to an aromatic ring is 1. The number of aromatic nitrogens is 4. The number of nitrogens with one attached hydrogen (secondary N) is 1. The third kappa shape index (κ3) is 5.00. The van der Waals surface area contributed by atoms with Gasteiger partial charge in [0.05, 0.1) is 13.4 Å². The molecule has 0 unspecified atom stereocenters. The molecule has 2 saturated heterocycles. The monoisotopic (exact) mass is 487 g/mol. The molecule has 2 aliphatic heterocycles. The summed E-state index contributed by atoms with van der Waals surface area (Å²) in [5, 5.41) is 23.4. The van der Waals surface area contributed by atoms with Crippen LogP contribution >= 0.6 is 0 Å². The molecule has 0 spiro atoms. The van der Waals surface area contributed by atoms with Gasteiger partial charge in [0.25, 0.3) is 5.91 Å². The lowest BCUT2D eigenvalue weighted by Gasteiger charge is -2.29. The number of nitrogens with two attached hydrogens (primary N) is 1. The van der Waals surface area contributed by atoms with Gasteiger partial charge in [0, 0.05) is 26.1 Å². The summed E-state index contributed by atoms with van der Waals surface area (Å²) in [5.41, 5.74) is 6.61. The second-order valence-electron chi connectivity index (χ2n) is 8.49. The highest BCUT2D eigenvalue weighted by molar-refractivity contribution is 5.83. The van der Waals surface area contributed by atoms with E-state index in [-0.39, 0.29) is 28.9 Å². The van der Waals surface area contributed by atoms with E-state index in [2.05, 4.69) is 32.1 Å². The van der Waals surface area contributed by atoms with Crippen LogP contribution in [-0.4, -0.2) is 91.7 Å². The van der Waals surface area contributed by atoms with E-state index in [1.165, 1.54) is 18.0 Å². The maximum atomic E-state index is 12.2. The number of hydrogen-bond acceptors (Lipinski definition) is 10. The van der Waals surface area contributed by atoms with E-state index in [9.17, 15) is 19.8 Å². The molecule has 4 atom stereocenters. The van der Waals surface area contributed by atoms with E-state index < -0.39 is 30.4 Å². The summed E-state index contributed by atoms with van der Waals surface area (Å²) in [4.78, 5) is 38.3. The maximum Gasteiger partial charge on any atom is 0.409 e. The number of amides is 2. The molecule has 2 aliphatic rings. The number of aliphatic hydroxyl groups is 2. The molecule has 0 saturated carbocycles. The van der Waals surface area contributed by atoms with Crippen LogP contribution in [0.2, 0.25) is 0 Å². The van der Waals surface area contributed by atoms with Gasteiger partial charge in [0.2, 0.25) is 5.82 Å². The van der Waals surface area contributed by atoms with Crippen LogP contribution in [0.3, 0.4) is 0 Å². The number of carbonyl (C=O) groups is 2. The molecule has 2 aromatic heterocycles. The number of anilines is 1. The quantitative estimate of drug-likeness (QED) is 0.406. The number of piperidine rings is 1. The van der Waals surface area contributed by atoms with E-state index in [0.29, 0.717) is 32.0 Å². The van der Waals surface area contributed by atoms with E-state index >= 15 is 0 Å². The first-order chi connectivity index (χ1) is 16.8. The molecule has 0 bridgehead atoms. The van der Waals surface area contributed by atoms with Crippen molar-refractivity contribution in [2.75, 3.05) is 32.5 Å². The highest BCUT2D eigenvalue weighted by Crippen LogP contribution is 2.32. The molecular weight excluding hydrogens is 458 g/mol. The molecule has 2 amide bonds. The number of rotatable bonds is 4. The summed E-state index contributed by atoms with van der Waals surface area (Å²) in [6.45, 7) is 3.35. The molecule has 4 rings (SSSR count). The SMILES string of the molecule is CCNC(=O)[C@H]1O[C@@H](n2cnc3c(N)nc(C#CCC4CCN(C(=O)OC)CC4)nc32)[C@H](O)[C@@H]1O. The van der Waals surface area contributed by atoms with Crippen LogP contribution < -0.4 is 11.1 Å². The number of nitrogens with zero attached hydrogens (tertiary/aromatic N) is 5. The van der Waals surface area contributed by atoms with E-state index in [1.54, 1.807) is 11.8 Å². The predicted molar refractivity (Wildman–Crippen MR) is 123 cm³/mol. The third-order valence-corrected chi connectivity index (χ3v) is 6.21. The van der Waals surface area contributed by atoms with Gasteiger partial charge in [-0.1, -0.05) is 5.92 Å². The average Bonchev–Trinajstić information content (AvgIpc) is 3.40. The molecular formula is C22H29N7O6. The van der Waals surface area contributed by atoms with Crippen molar-refractivity contribution < 1.29 is 29.3 Å². The number of hydrogen-bond donors (Lipinski definition) is 4. The molecule has 4 heterocycles. The van der Waals surface area contributed by atoms with Gasteiger partial charge in [-0.15, -0.1) is 0 Å². The van der Waals surface area contributed by atoms with Crippen molar-refractivity contribution in [1.29, 1.82) is 0 Å². The molecule has 2 aromatic rings. The Kier molecular flexibility index (Phi) is 7.34. The maximum absolute atomic E-state index is 12.2. The van der Waals surface area contributed by atoms with Gasteiger partial charge in [0.1, 0.15) is 17.7 Å². The summed E-state index contributed by atoms with van der Waals surface area (Å²) in [6.07, 6.45) is -1.84. The number of methoxy groups -OCH3 is 1. The highest BCUT2D eigenvalue weighted by atomic mass is 16.6. The Bertz CT molecular complexity index is 1150. The molecule has 2 fully saturated rings. The van der Waals surface area contributed by atoms with Crippen molar-refractivity contribution in [2.24, 2.45) is 5.92 Å². The van der Waals surface area contributed by atoms with Crippen LogP contribution in [0.4, 0.5) is 10.6 Å². The van der Waals surface area contributed by atoms with Gasteiger partial charge < -0.3 is 35.6 Å². The van der Waals surface area contributed by atoms with Crippen molar-refractivity contribution in [3.05, 3.63) is 12.2 Å². The summed E-state index contributed by atoms with van der Waals surface area (Å²) < 4.78 is 11.8. The molecule has 13 heteroatoms. The normalized spacial score (nSPS) is 24.7. The van der Waals surface area contributed by atoms with Crippen molar-refractivity contribution in [3.63, 3.8) is 0 Å². The second kappa shape index (κ2) is 10.4. The minimum Gasteiger partial charge on any atom is -0.453 e. The zero-order valence-corrected chi connectivity index (χ0v) is 19.5. The number of ether oxygens (including phenoxy) is 2. The van der Waals surface area contributed by atoms with Crippen LogP contribution in [0.1, 0.15) is 38.2 Å². The third-order valence-electron chi connectivity index (χ3n) is 6.21. The Morgan fingerprint density at radius 2 is 2.03 bits per heavy atom. The first-order valence-corrected chi connectivity index (χ1v) is 11.4. The number of imidazole rings is 1. The van der Waals surface area contributed by atoms with Crippen molar-refractivity contribution in [3.8, 4) is 11.8 Å². The number of likely N-dealkylation sites (N-methyl/N-ethyl adjacent to an activating group) is 1. The zero-order chi connectivity index (χ0) is 25.1. The number of fused-ring (bicyclic) bond motifs is 1. The van der Waals surface area contributed by atoms with E-state index in [1.807, 2.05) is 0 Å². The van der Waals surface area contributed by atoms with Crippen molar-refractivity contribution >= 4 is 29.0 Å². The number of aliphatic hydroxyl groups excluding tert-OH is 2. The Morgan fingerprint density at radius 1 is 1.29 bits per heavy atom. The molecule has 0 aromatic carbocycles. The minimum absolute atomic E-state index is 0.109. The summed E-state index contributed by atoms with van der Waals surface area (Å²) in [5.74, 6) is 6.11. The fourth-order valence-corrected chi connectivity index (χ4v) is 4.28. The van der Waals surface area contributed by atoms with Gasteiger partial charge in [-0.3, -0.25) is 9.36 Å². The minimum atomic E-state index is -1.42. The zero-order valence-electron chi connectivity index (χ0n) is 19.5. The lowest BCUT2D eigenvalue weighted by molar-refractivity contribution is -0.137. The van der Waals surface area contributed by atoms with Gasteiger partial charge in [0.15, 0.2) is 23.8 Å². The average molecular weight is 488 g/mol. The Labute approximate surface area is 201 Å². The largest absolute Gasteiger partial charge is 0.453 e. The topological polar surface area (TPSA) is 178 Å². The van der Waals surface area contributed by atoms with Crippen LogP contribution in [0.15, 0.2) is 6.33 Å². The molecule has 5 N–H and O–H groups in total. The molecule has 35 heavy (non-hydrogen) atoms. The van der Waals surface area contributed by atoms with Crippen LogP contribution in [0, 0.1) is 17.8 Å². The molecule has 188 valence electrons. The molecule has 13 nitrogen and oxygen atoms in total. The van der Waals surface area contributed by atoms with E-state index in [4.69, 9.17) is 15.2 Å². The van der Waals surface area contributed by atoms with Gasteiger partial charge in [-0.05, 0) is 31.6 Å². The lowest BCUT2D eigenvalue weighted by atomic mass is 9.94. The smallest absolute Gasteiger partial charge is 0.409 e. The standard InChI is InChI=1S/C22H29N7O6/c1-3-24-20(32)17-15(30)16(31)21(35-17)29-11-25-14-18(23)26-13(27-19(14)29)6-4-5-12-7-9-28(10-8-12)22(33)34-2/h11-12,15-17,21,30-31H,3,5,7-10H2,1-2H3,(H,24,32)(H2,23,26,27)/t15-,16+,17-,21+/m0/s1. The van der Waals surface area contributed by atoms with Crippen molar-refractivity contribution in [2.45, 2.75) is 50.7 Å².